The smallest absolute Gasteiger partial charge is 0.227 e. The number of nitrogens with zero attached hydrogens (tertiary/aromatic N) is 1. The van der Waals surface area contributed by atoms with E-state index in [-0.39, 0.29) is 11.3 Å². The minimum absolute atomic E-state index is 0.179. The normalized spacial score (nSPS) is 19.3. The second-order valence-corrected chi connectivity index (χ2v) is 5.46. The van der Waals surface area contributed by atoms with Crippen LogP contribution in [0.3, 0.4) is 0 Å². The molecule has 17 heavy (non-hydrogen) atoms. The molecule has 0 aliphatic heterocycles. The number of carbonyl (C=O) groups is 1. The van der Waals surface area contributed by atoms with Crippen LogP contribution in [0.15, 0.2) is 0 Å². The predicted octanol–water partition coefficient (Wildman–Crippen LogP) is 0.964. The number of nitrogens with two attached hydrogens (primary N) is 1. The van der Waals surface area contributed by atoms with Crippen LogP contribution in [0.5, 0.6) is 0 Å². The van der Waals surface area contributed by atoms with Crippen molar-refractivity contribution in [2.75, 3.05) is 33.7 Å². The number of rotatable bonds is 6. The van der Waals surface area contributed by atoms with Gasteiger partial charge in [0.15, 0.2) is 0 Å². The van der Waals surface area contributed by atoms with Crippen LogP contribution in [0.4, 0.5) is 0 Å². The summed E-state index contributed by atoms with van der Waals surface area (Å²) in [7, 11) is 4.09. The summed E-state index contributed by atoms with van der Waals surface area (Å²) in [6.45, 7) is 2.27. The Bertz CT molecular complexity index is 235. The molecule has 0 aromatic carbocycles. The summed E-state index contributed by atoms with van der Waals surface area (Å²) in [4.78, 5) is 14.3. The van der Waals surface area contributed by atoms with Gasteiger partial charge in [-0.1, -0.05) is 19.3 Å². The van der Waals surface area contributed by atoms with Gasteiger partial charge in [-0.25, -0.2) is 0 Å². The fourth-order valence-electron chi connectivity index (χ4n) is 2.54. The SMILES string of the molecule is CN(C)CCCNC(=O)C1(CN)CCCCC1. The highest BCUT2D eigenvalue weighted by molar-refractivity contribution is 5.82. The Kier molecular flexibility index (Phi) is 5.92. The van der Waals surface area contributed by atoms with Crippen LogP contribution in [-0.2, 0) is 4.79 Å². The summed E-state index contributed by atoms with van der Waals surface area (Å²) in [5.41, 5.74) is 5.56. The molecule has 0 atom stereocenters. The number of hydrogen-bond donors (Lipinski definition) is 2. The van der Waals surface area contributed by atoms with Gasteiger partial charge in [0.1, 0.15) is 0 Å². The maximum Gasteiger partial charge on any atom is 0.227 e. The topological polar surface area (TPSA) is 58.4 Å². The molecule has 100 valence electrons. The molecular weight excluding hydrogens is 214 g/mol. The largest absolute Gasteiger partial charge is 0.356 e. The first-order valence-electron chi connectivity index (χ1n) is 6.74. The number of nitrogens with one attached hydrogen (secondary N) is 1. The van der Waals surface area contributed by atoms with E-state index >= 15 is 0 Å². The molecule has 4 nitrogen and oxygen atoms in total. The number of carbonyl (C=O) groups excluding carboxylic acids is 1. The zero-order valence-corrected chi connectivity index (χ0v) is 11.3. The molecule has 4 heteroatoms. The maximum atomic E-state index is 12.2. The van der Waals surface area contributed by atoms with Gasteiger partial charge in [0.2, 0.25) is 5.91 Å². The van der Waals surface area contributed by atoms with Crippen molar-refractivity contribution in [3.8, 4) is 0 Å². The van der Waals surface area contributed by atoms with E-state index in [0.29, 0.717) is 6.54 Å². The van der Waals surface area contributed by atoms with Crippen LogP contribution in [0.2, 0.25) is 0 Å². The quantitative estimate of drug-likeness (QED) is 0.681. The lowest BCUT2D eigenvalue weighted by Gasteiger charge is -2.34. The van der Waals surface area contributed by atoms with Crippen LogP contribution in [0.25, 0.3) is 0 Å². The Morgan fingerprint density at radius 3 is 2.47 bits per heavy atom. The molecule has 3 N–H and O–H groups in total. The molecule has 1 aliphatic carbocycles. The molecule has 1 fully saturated rings. The average Bonchev–Trinajstić information content (AvgIpc) is 2.35. The molecule has 1 aliphatic rings. The van der Waals surface area contributed by atoms with Gasteiger partial charge < -0.3 is 16.0 Å². The van der Waals surface area contributed by atoms with Gasteiger partial charge in [0, 0.05) is 13.1 Å². The van der Waals surface area contributed by atoms with E-state index in [1.165, 1.54) is 6.42 Å². The highest BCUT2D eigenvalue weighted by atomic mass is 16.2. The van der Waals surface area contributed by atoms with E-state index in [2.05, 4.69) is 10.2 Å². The molecule has 0 bridgehead atoms. The average molecular weight is 241 g/mol. The van der Waals surface area contributed by atoms with E-state index in [9.17, 15) is 4.79 Å². The summed E-state index contributed by atoms with van der Waals surface area (Å²) >= 11 is 0. The van der Waals surface area contributed by atoms with Crippen LogP contribution >= 0.6 is 0 Å². The van der Waals surface area contributed by atoms with Gasteiger partial charge in [0.05, 0.1) is 5.41 Å². The Balaban J connectivity index is 2.33. The minimum atomic E-state index is -0.267. The Hall–Kier alpha value is -0.610. The molecule has 0 aromatic heterocycles. The van der Waals surface area contributed by atoms with E-state index in [4.69, 9.17) is 5.73 Å². The third-order valence-corrected chi connectivity index (χ3v) is 3.75. The third-order valence-electron chi connectivity index (χ3n) is 3.75. The molecule has 0 radical (unpaired) electrons. The first-order chi connectivity index (χ1) is 8.10. The lowest BCUT2D eigenvalue weighted by atomic mass is 9.73. The second kappa shape index (κ2) is 6.97. The molecule has 0 unspecified atom stereocenters. The van der Waals surface area contributed by atoms with Crippen molar-refractivity contribution in [2.24, 2.45) is 11.1 Å². The lowest BCUT2D eigenvalue weighted by Crippen LogP contribution is -2.47. The van der Waals surface area contributed by atoms with Gasteiger partial charge in [0.25, 0.3) is 0 Å². The van der Waals surface area contributed by atoms with Crippen LogP contribution in [0.1, 0.15) is 38.5 Å². The summed E-state index contributed by atoms with van der Waals surface area (Å²) in [6.07, 6.45) is 6.45. The van der Waals surface area contributed by atoms with Crippen molar-refractivity contribution in [1.29, 1.82) is 0 Å². The zero-order chi connectivity index (χ0) is 12.7. The van der Waals surface area contributed by atoms with Crippen molar-refractivity contribution in [2.45, 2.75) is 38.5 Å². The second-order valence-electron chi connectivity index (χ2n) is 5.46. The van der Waals surface area contributed by atoms with Gasteiger partial charge >= 0.3 is 0 Å². The first-order valence-corrected chi connectivity index (χ1v) is 6.74. The third kappa shape index (κ3) is 4.28. The fourth-order valence-corrected chi connectivity index (χ4v) is 2.54. The monoisotopic (exact) mass is 241 g/mol. The van der Waals surface area contributed by atoms with Crippen LogP contribution in [-0.4, -0.2) is 44.5 Å². The summed E-state index contributed by atoms with van der Waals surface area (Å²) in [6, 6.07) is 0. The number of hydrogen-bond acceptors (Lipinski definition) is 3. The highest BCUT2D eigenvalue weighted by Crippen LogP contribution is 2.35. The van der Waals surface area contributed by atoms with Gasteiger partial charge in [-0.05, 0) is 39.9 Å². The molecular formula is C13H27N3O. The van der Waals surface area contributed by atoms with E-state index in [1.54, 1.807) is 0 Å². The van der Waals surface area contributed by atoms with E-state index in [1.807, 2.05) is 14.1 Å². The molecule has 1 amide bonds. The van der Waals surface area contributed by atoms with Crippen molar-refractivity contribution in [3.63, 3.8) is 0 Å². The molecule has 0 heterocycles. The molecule has 0 aromatic rings. The van der Waals surface area contributed by atoms with E-state index < -0.39 is 0 Å². The zero-order valence-electron chi connectivity index (χ0n) is 11.3. The molecule has 1 rings (SSSR count). The Morgan fingerprint density at radius 2 is 1.94 bits per heavy atom. The van der Waals surface area contributed by atoms with E-state index in [0.717, 1.165) is 45.2 Å². The van der Waals surface area contributed by atoms with Crippen molar-refractivity contribution in [1.82, 2.24) is 10.2 Å². The van der Waals surface area contributed by atoms with Gasteiger partial charge in [-0.15, -0.1) is 0 Å². The molecule has 1 saturated carbocycles. The van der Waals surface area contributed by atoms with Crippen molar-refractivity contribution >= 4 is 5.91 Å². The maximum absolute atomic E-state index is 12.2. The summed E-state index contributed by atoms with van der Waals surface area (Å²) < 4.78 is 0. The minimum Gasteiger partial charge on any atom is -0.356 e. The molecule has 0 spiro atoms. The standard InChI is InChI=1S/C13H27N3O/c1-16(2)10-6-9-15-12(17)13(11-14)7-4-3-5-8-13/h3-11,14H2,1-2H3,(H,15,17). The fraction of sp³-hybridized carbons (Fsp3) is 0.923. The van der Waals surface area contributed by atoms with Gasteiger partial charge in [-0.3, -0.25) is 4.79 Å². The summed E-state index contributed by atoms with van der Waals surface area (Å²) in [5, 5.41) is 3.05. The predicted molar refractivity (Wildman–Crippen MR) is 70.8 cm³/mol. The van der Waals surface area contributed by atoms with Gasteiger partial charge in [-0.2, -0.15) is 0 Å². The van der Waals surface area contributed by atoms with Crippen molar-refractivity contribution < 1.29 is 4.79 Å². The first kappa shape index (κ1) is 14.5. The van der Waals surface area contributed by atoms with Crippen LogP contribution in [0, 0.1) is 5.41 Å². The highest BCUT2D eigenvalue weighted by Gasteiger charge is 2.37. The van der Waals surface area contributed by atoms with Crippen LogP contribution < -0.4 is 11.1 Å². The molecule has 0 saturated heterocycles. The summed E-state index contributed by atoms with van der Waals surface area (Å²) in [5.74, 6) is 0.179. The van der Waals surface area contributed by atoms with Crippen molar-refractivity contribution in [3.05, 3.63) is 0 Å². The number of amides is 1. The Morgan fingerprint density at radius 1 is 1.29 bits per heavy atom. The Labute approximate surface area is 105 Å². The lowest BCUT2D eigenvalue weighted by molar-refractivity contribution is -0.132.